The van der Waals surface area contributed by atoms with E-state index in [2.05, 4.69) is 32.4 Å². The van der Waals surface area contributed by atoms with E-state index in [1.54, 1.807) is 13.3 Å². The number of hydrogen-bond donors (Lipinski definition) is 1. The lowest BCUT2D eigenvalue weighted by Gasteiger charge is -2.30. The Morgan fingerprint density at radius 1 is 1.21 bits per heavy atom. The molecule has 9 heteroatoms. The number of nitrogens with zero attached hydrogens (tertiary/aromatic N) is 4. The molecule has 8 nitrogen and oxygen atoms in total. The van der Waals surface area contributed by atoms with Gasteiger partial charge in [-0.2, -0.15) is 4.98 Å². The number of piperazine rings is 1. The molecule has 3 heterocycles. The molecule has 3 aromatic rings. The van der Waals surface area contributed by atoms with Gasteiger partial charge in [-0.25, -0.2) is 4.98 Å². The van der Waals surface area contributed by atoms with E-state index in [1.807, 2.05) is 24.3 Å². The second kappa shape index (κ2) is 9.18. The number of ether oxygens (including phenoxy) is 1. The first-order chi connectivity index (χ1) is 13.2. The van der Waals surface area contributed by atoms with E-state index in [0.717, 1.165) is 42.5 Å². The summed E-state index contributed by atoms with van der Waals surface area (Å²) in [5, 5.41) is 7.50. The van der Waals surface area contributed by atoms with E-state index < -0.39 is 0 Å². The lowest BCUT2D eigenvalue weighted by Crippen LogP contribution is -2.44. The number of hydrogen-bond acceptors (Lipinski definition) is 8. The molecule has 1 atom stereocenters. The van der Waals surface area contributed by atoms with Gasteiger partial charge < -0.3 is 19.0 Å². The van der Waals surface area contributed by atoms with Crippen molar-refractivity contribution in [3.05, 3.63) is 48.1 Å². The van der Waals surface area contributed by atoms with Crippen LogP contribution in [0.4, 0.5) is 0 Å². The predicted octanol–water partition coefficient (Wildman–Crippen LogP) is 2.52. The molecule has 1 aliphatic heterocycles. The van der Waals surface area contributed by atoms with Crippen molar-refractivity contribution < 1.29 is 13.7 Å². The number of oxazole rings is 1. The van der Waals surface area contributed by atoms with Gasteiger partial charge in [-0.1, -0.05) is 5.16 Å². The molecule has 0 amide bonds. The van der Waals surface area contributed by atoms with Gasteiger partial charge in [-0.05, 0) is 31.3 Å². The van der Waals surface area contributed by atoms with E-state index >= 15 is 0 Å². The zero-order chi connectivity index (χ0) is 18.6. The second-order valence-electron chi connectivity index (χ2n) is 6.59. The summed E-state index contributed by atoms with van der Waals surface area (Å²) in [5.74, 6) is 3.52. The first-order valence-corrected chi connectivity index (χ1v) is 9.05. The number of nitrogens with one attached hydrogen (secondary N) is 1. The predicted molar refractivity (Wildman–Crippen MR) is 106 cm³/mol. The highest BCUT2D eigenvalue weighted by molar-refractivity contribution is 5.85. The number of halogens is 1. The molecule has 4 rings (SSSR count). The Balaban J connectivity index is 0.00000225. The van der Waals surface area contributed by atoms with Crippen LogP contribution in [0.1, 0.15) is 23.6 Å². The molecule has 0 spiro atoms. The van der Waals surface area contributed by atoms with Crippen LogP contribution >= 0.6 is 12.4 Å². The molecular weight excluding hydrogens is 382 g/mol. The third kappa shape index (κ3) is 4.52. The molecule has 1 N–H and O–H groups in total. The summed E-state index contributed by atoms with van der Waals surface area (Å²) in [6, 6.07) is 7.84. The van der Waals surface area contributed by atoms with Crippen molar-refractivity contribution in [2.75, 3.05) is 33.8 Å². The summed E-state index contributed by atoms with van der Waals surface area (Å²) in [7, 11) is 3.72. The van der Waals surface area contributed by atoms with Crippen LogP contribution in [-0.4, -0.2) is 53.8 Å². The van der Waals surface area contributed by atoms with Crippen molar-refractivity contribution in [3.63, 3.8) is 0 Å². The monoisotopic (exact) mass is 405 g/mol. The lowest BCUT2D eigenvalue weighted by molar-refractivity contribution is 0.190. The van der Waals surface area contributed by atoms with Crippen LogP contribution < -0.4 is 10.1 Å². The molecule has 1 unspecified atom stereocenters. The molecule has 28 heavy (non-hydrogen) atoms. The molecule has 1 fully saturated rings. The van der Waals surface area contributed by atoms with Gasteiger partial charge in [0.2, 0.25) is 5.89 Å². The first-order valence-electron chi connectivity index (χ1n) is 9.05. The molecule has 1 aliphatic rings. The molecule has 0 bridgehead atoms. The number of rotatable bonds is 6. The van der Waals surface area contributed by atoms with Gasteiger partial charge in [0.1, 0.15) is 5.75 Å². The molecule has 2 aromatic heterocycles. The van der Waals surface area contributed by atoms with Gasteiger partial charge in [-0.15, -0.1) is 12.4 Å². The third-order valence-electron chi connectivity index (χ3n) is 4.77. The van der Waals surface area contributed by atoms with Crippen molar-refractivity contribution in [1.29, 1.82) is 0 Å². The Morgan fingerprint density at radius 3 is 2.75 bits per heavy atom. The zero-order valence-electron chi connectivity index (χ0n) is 15.9. The fourth-order valence-electron chi connectivity index (χ4n) is 3.13. The van der Waals surface area contributed by atoms with Crippen LogP contribution in [0, 0.1) is 0 Å². The van der Waals surface area contributed by atoms with Gasteiger partial charge >= 0.3 is 0 Å². The Kier molecular flexibility index (Phi) is 6.66. The number of methoxy groups -OCH3 is 1. The highest BCUT2D eigenvalue weighted by atomic mass is 35.5. The van der Waals surface area contributed by atoms with Crippen molar-refractivity contribution in [2.45, 2.75) is 18.9 Å². The maximum absolute atomic E-state index is 5.85. The summed E-state index contributed by atoms with van der Waals surface area (Å²) in [6.45, 7) is 2.79. The number of aromatic nitrogens is 3. The molecule has 0 aliphatic carbocycles. The normalized spacial score (nSPS) is 17.3. The first kappa shape index (κ1) is 20.3. The molecular formula is C19H24ClN5O3. The Bertz CT molecular complexity index is 880. The van der Waals surface area contributed by atoms with Crippen LogP contribution in [-0.2, 0) is 12.8 Å². The average Bonchev–Trinajstić information content (AvgIpc) is 3.36. The van der Waals surface area contributed by atoms with E-state index in [-0.39, 0.29) is 18.4 Å². The minimum absolute atomic E-state index is 0. The summed E-state index contributed by atoms with van der Waals surface area (Å²) in [6.07, 6.45) is 2.94. The van der Waals surface area contributed by atoms with E-state index in [1.165, 1.54) is 0 Å². The molecule has 0 saturated carbocycles. The van der Waals surface area contributed by atoms with Gasteiger partial charge in [0.05, 0.1) is 19.3 Å². The van der Waals surface area contributed by atoms with Gasteiger partial charge in [0.25, 0.3) is 0 Å². The van der Waals surface area contributed by atoms with Crippen LogP contribution in [0.2, 0.25) is 0 Å². The fraction of sp³-hybridized carbons (Fsp3) is 0.421. The highest BCUT2D eigenvalue weighted by Crippen LogP contribution is 2.24. The fourth-order valence-corrected chi connectivity index (χ4v) is 3.13. The summed E-state index contributed by atoms with van der Waals surface area (Å²) in [5.41, 5.74) is 0.961. The van der Waals surface area contributed by atoms with E-state index in [4.69, 9.17) is 13.7 Å². The van der Waals surface area contributed by atoms with Crippen molar-refractivity contribution in [2.24, 2.45) is 0 Å². The Hall–Kier alpha value is -2.42. The largest absolute Gasteiger partial charge is 0.497 e. The standard InChI is InChI=1S/C19H23N5O3.ClH/c1-24-10-9-20-11-15(24)19-22-18(27-23-19)8-7-17-21-12-16(26-17)13-3-5-14(25-2)6-4-13;/h3-6,12,15,20H,7-11H2,1-2H3;1H. The lowest BCUT2D eigenvalue weighted by atomic mass is 10.2. The number of benzene rings is 1. The van der Waals surface area contributed by atoms with Gasteiger partial charge in [0.15, 0.2) is 17.5 Å². The van der Waals surface area contributed by atoms with Crippen LogP contribution in [0.3, 0.4) is 0 Å². The molecule has 1 aromatic carbocycles. The maximum atomic E-state index is 5.85. The molecule has 1 saturated heterocycles. The minimum atomic E-state index is 0. The molecule has 0 radical (unpaired) electrons. The SMILES string of the molecule is COc1ccc(-c2cnc(CCc3nc(C4CNCCN4C)no3)o2)cc1.Cl. The van der Waals surface area contributed by atoms with Crippen LogP contribution in [0.15, 0.2) is 39.4 Å². The smallest absolute Gasteiger partial charge is 0.227 e. The quantitative estimate of drug-likeness (QED) is 0.669. The minimum Gasteiger partial charge on any atom is -0.497 e. The van der Waals surface area contributed by atoms with Gasteiger partial charge in [-0.3, -0.25) is 4.90 Å². The highest BCUT2D eigenvalue weighted by Gasteiger charge is 2.25. The van der Waals surface area contributed by atoms with Crippen molar-refractivity contribution >= 4 is 12.4 Å². The maximum Gasteiger partial charge on any atom is 0.227 e. The van der Waals surface area contributed by atoms with E-state index in [9.17, 15) is 0 Å². The second-order valence-corrected chi connectivity index (χ2v) is 6.59. The summed E-state index contributed by atoms with van der Waals surface area (Å²) < 4.78 is 16.4. The van der Waals surface area contributed by atoms with Crippen LogP contribution in [0.5, 0.6) is 5.75 Å². The number of likely N-dealkylation sites (N-methyl/N-ethyl adjacent to an activating group) is 1. The van der Waals surface area contributed by atoms with Crippen molar-refractivity contribution in [3.8, 4) is 17.1 Å². The van der Waals surface area contributed by atoms with Crippen molar-refractivity contribution in [1.82, 2.24) is 25.3 Å². The Morgan fingerprint density at radius 2 is 2.00 bits per heavy atom. The third-order valence-corrected chi connectivity index (χ3v) is 4.77. The Labute approximate surface area is 169 Å². The van der Waals surface area contributed by atoms with E-state index in [0.29, 0.717) is 24.6 Å². The summed E-state index contributed by atoms with van der Waals surface area (Å²) >= 11 is 0. The zero-order valence-corrected chi connectivity index (χ0v) is 16.7. The summed E-state index contributed by atoms with van der Waals surface area (Å²) in [4.78, 5) is 11.1. The molecule has 150 valence electrons. The topological polar surface area (TPSA) is 89.5 Å². The van der Waals surface area contributed by atoms with Gasteiger partial charge in [0, 0.05) is 38.0 Å². The van der Waals surface area contributed by atoms with Crippen LogP contribution in [0.25, 0.3) is 11.3 Å². The number of aryl methyl sites for hydroxylation is 2. The average molecular weight is 406 g/mol.